The number of aryl methyl sites for hydroxylation is 1. The number of anilines is 1. The van der Waals surface area contributed by atoms with Crippen molar-refractivity contribution in [3.05, 3.63) is 28.2 Å². The molecule has 0 fully saturated rings. The average molecular weight is 299 g/mol. The predicted molar refractivity (Wildman–Crippen MR) is 62.1 cm³/mol. The van der Waals surface area contributed by atoms with E-state index in [2.05, 4.69) is 15.9 Å². The van der Waals surface area contributed by atoms with Crippen LogP contribution in [0.1, 0.15) is 5.56 Å². The lowest BCUT2D eigenvalue weighted by Crippen LogP contribution is -2.21. The highest BCUT2D eigenvalue weighted by Gasteiger charge is 2.14. The fourth-order valence-electron chi connectivity index (χ4n) is 0.951. The molecule has 0 heterocycles. The average Bonchev–Trinajstić information content (AvgIpc) is 2.07. The van der Waals surface area contributed by atoms with Gasteiger partial charge in [0.1, 0.15) is 0 Å². The first-order valence-electron chi connectivity index (χ1n) is 3.77. The van der Waals surface area contributed by atoms with Crippen LogP contribution in [0.4, 0.5) is 5.69 Å². The molecule has 3 nitrogen and oxygen atoms in total. The maximum absolute atomic E-state index is 11.0. The lowest BCUT2D eigenvalue weighted by atomic mass is 10.2. The van der Waals surface area contributed by atoms with Crippen molar-refractivity contribution in [1.82, 2.24) is 0 Å². The summed E-state index contributed by atoms with van der Waals surface area (Å²) < 4.78 is 24.0. The SMILES string of the molecule is Cc1cc(N(C)S(=O)(=O)Cl)ccc1Br. The highest BCUT2D eigenvalue weighted by Crippen LogP contribution is 2.24. The van der Waals surface area contributed by atoms with Gasteiger partial charge in [-0.25, -0.2) is 0 Å². The zero-order valence-corrected chi connectivity index (χ0v) is 10.8. The van der Waals surface area contributed by atoms with Gasteiger partial charge in [0, 0.05) is 22.2 Å². The van der Waals surface area contributed by atoms with Crippen LogP contribution in [-0.4, -0.2) is 15.5 Å². The third-order valence-corrected chi connectivity index (χ3v) is 4.21. The standard InChI is InChI=1S/C8H9BrClNO2S/c1-6-5-7(3-4-8(6)9)11(2)14(10,12)13/h3-5H,1-2H3. The van der Waals surface area contributed by atoms with Crippen LogP contribution in [0.25, 0.3) is 0 Å². The van der Waals surface area contributed by atoms with E-state index in [1.165, 1.54) is 7.05 Å². The molecular weight excluding hydrogens is 290 g/mol. The zero-order valence-electron chi connectivity index (χ0n) is 7.66. The van der Waals surface area contributed by atoms with Crippen LogP contribution in [0.15, 0.2) is 22.7 Å². The van der Waals surface area contributed by atoms with Crippen molar-refractivity contribution in [3.8, 4) is 0 Å². The molecular formula is C8H9BrClNO2S. The Hall–Kier alpha value is -0.260. The minimum atomic E-state index is -3.70. The van der Waals surface area contributed by atoms with E-state index < -0.39 is 9.24 Å². The van der Waals surface area contributed by atoms with Crippen molar-refractivity contribution in [1.29, 1.82) is 0 Å². The van der Waals surface area contributed by atoms with Gasteiger partial charge in [-0.2, -0.15) is 8.42 Å². The maximum atomic E-state index is 11.0. The number of benzene rings is 1. The van der Waals surface area contributed by atoms with E-state index in [0.29, 0.717) is 5.69 Å². The van der Waals surface area contributed by atoms with Crippen LogP contribution in [0.2, 0.25) is 0 Å². The molecule has 0 aromatic heterocycles. The van der Waals surface area contributed by atoms with E-state index >= 15 is 0 Å². The number of hydrogen-bond acceptors (Lipinski definition) is 2. The molecule has 0 aliphatic heterocycles. The molecule has 0 saturated carbocycles. The summed E-state index contributed by atoms with van der Waals surface area (Å²) >= 11 is 3.33. The van der Waals surface area contributed by atoms with Crippen LogP contribution < -0.4 is 4.31 Å². The van der Waals surface area contributed by atoms with E-state index in [1.807, 2.05) is 6.92 Å². The minimum Gasteiger partial charge on any atom is -0.261 e. The van der Waals surface area contributed by atoms with Crippen molar-refractivity contribution in [2.45, 2.75) is 6.92 Å². The van der Waals surface area contributed by atoms with Gasteiger partial charge < -0.3 is 0 Å². The number of halogens is 2. The Morgan fingerprint density at radius 3 is 2.43 bits per heavy atom. The summed E-state index contributed by atoms with van der Waals surface area (Å²) in [5.41, 5.74) is 1.50. The van der Waals surface area contributed by atoms with Crippen molar-refractivity contribution >= 4 is 41.5 Å². The molecule has 0 aliphatic carbocycles. The minimum absolute atomic E-state index is 0.542. The highest BCUT2D eigenvalue weighted by molar-refractivity contribution is 9.10. The lowest BCUT2D eigenvalue weighted by Gasteiger charge is -2.15. The second-order valence-corrected chi connectivity index (χ2v) is 6.24. The van der Waals surface area contributed by atoms with Gasteiger partial charge in [0.15, 0.2) is 0 Å². The number of rotatable bonds is 2. The normalized spacial score (nSPS) is 11.4. The molecule has 0 amide bonds. The molecule has 0 radical (unpaired) electrons. The predicted octanol–water partition coefficient (Wildman–Crippen LogP) is 2.68. The van der Waals surface area contributed by atoms with Gasteiger partial charge in [-0.15, -0.1) is 0 Å². The lowest BCUT2D eigenvalue weighted by molar-refractivity contribution is 0.608. The Kier molecular flexibility index (Phi) is 3.44. The maximum Gasteiger partial charge on any atom is 0.321 e. The van der Waals surface area contributed by atoms with Crippen LogP contribution in [0.5, 0.6) is 0 Å². The topological polar surface area (TPSA) is 37.4 Å². The van der Waals surface area contributed by atoms with E-state index in [1.54, 1.807) is 18.2 Å². The van der Waals surface area contributed by atoms with E-state index in [9.17, 15) is 8.42 Å². The van der Waals surface area contributed by atoms with Crippen LogP contribution in [0.3, 0.4) is 0 Å². The Balaban J connectivity index is 3.16. The molecule has 0 aliphatic rings. The van der Waals surface area contributed by atoms with Gasteiger partial charge in [-0.05, 0) is 30.7 Å². The Bertz CT molecular complexity index is 447. The Morgan fingerprint density at radius 1 is 1.43 bits per heavy atom. The molecule has 0 saturated heterocycles. The molecule has 78 valence electrons. The molecule has 0 atom stereocenters. The third kappa shape index (κ3) is 2.62. The number of hydrogen-bond donors (Lipinski definition) is 0. The summed E-state index contributed by atoms with van der Waals surface area (Å²) in [6.45, 7) is 1.88. The summed E-state index contributed by atoms with van der Waals surface area (Å²) in [7, 11) is 2.91. The summed E-state index contributed by atoms with van der Waals surface area (Å²) in [4.78, 5) is 0. The Morgan fingerprint density at radius 2 is 2.00 bits per heavy atom. The Labute approximate surface area is 96.4 Å². The molecule has 1 aromatic carbocycles. The first-order valence-corrected chi connectivity index (χ1v) is 6.83. The fraction of sp³-hybridized carbons (Fsp3) is 0.250. The van der Waals surface area contributed by atoms with E-state index in [4.69, 9.17) is 10.7 Å². The monoisotopic (exact) mass is 297 g/mol. The van der Waals surface area contributed by atoms with Gasteiger partial charge >= 0.3 is 9.24 Å². The van der Waals surface area contributed by atoms with Gasteiger partial charge in [-0.3, -0.25) is 4.31 Å². The molecule has 6 heteroatoms. The molecule has 14 heavy (non-hydrogen) atoms. The van der Waals surface area contributed by atoms with Gasteiger partial charge in [-0.1, -0.05) is 15.9 Å². The molecule has 1 rings (SSSR count). The van der Waals surface area contributed by atoms with E-state index in [-0.39, 0.29) is 0 Å². The van der Waals surface area contributed by atoms with Gasteiger partial charge in [0.05, 0.1) is 5.69 Å². The summed E-state index contributed by atoms with van der Waals surface area (Å²) in [5.74, 6) is 0. The summed E-state index contributed by atoms with van der Waals surface area (Å²) in [6, 6.07) is 5.20. The van der Waals surface area contributed by atoms with Crippen LogP contribution in [0, 0.1) is 6.92 Å². The first-order chi connectivity index (χ1) is 6.32. The van der Waals surface area contributed by atoms with E-state index in [0.717, 1.165) is 14.3 Å². The smallest absolute Gasteiger partial charge is 0.261 e. The van der Waals surface area contributed by atoms with Crippen molar-refractivity contribution in [2.75, 3.05) is 11.4 Å². The van der Waals surface area contributed by atoms with Crippen molar-refractivity contribution < 1.29 is 8.42 Å². The van der Waals surface area contributed by atoms with Crippen LogP contribution in [-0.2, 0) is 9.24 Å². The molecule has 0 unspecified atom stereocenters. The third-order valence-electron chi connectivity index (χ3n) is 1.83. The molecule has 1 aromatic rings. The fourth-order valence-corrected chi connectivity index (χ4v) is 1.80. The summed E-state index contributed by atoms with van der Waals surface area (Å²) in [6.07, 6.45) is 0. The van der Waals surface area contributed by atoms with Crippen LogP contribution >= 0.6 is 26.6 Å². The van der Waals surface area contributed by atoms with Crippen molar-refractivity contribution in [2.24, 2.45) is 0 Å². The van der Waals surface area contributed by atoms with Gasteiger partial charge in [0.2, 0.25) is 0 Å². The zero-order chi connectivity index (χ0) is 10.9. The summed E-state index contributed by atoms with van der Waals surface area (Å²) in [5, 5.41) is 0. The first kappa shape index (κ1) is 11.8. The largest absolute Gasteiger partial charge is 0.321 e. The highest BCUT2D eigenvalue weighted by atomic mass is 79.9. The second kappa shape index (κ2) is 4.08. The van der Waals surface area contributed by atoms with Gasteiger partial charge in [0.25, 0.3) is 0 Å². The quantitative estimate of drug-likeness (QED) is 0.787. The molecule has 0 bridgehead atoms. The second-order valence-electron chi connectivity index (χ2n) is 2.84. The molecule has 0 spiro atoms. The molecule has 0 N–H and O–H groups in total. The van der Waals surface area contributed by atoms with Crippen molar-refractivity contribution in [3.63, 3.8) is 0 Å². The number of nitrogens with zero attached hydrogens (tertiary/aromatic N) is 1.